The van der Waals surface area contributed by atoms with Gasteiger partial charge in [-0.1, -0.05) is 32.6 Å². The molecule has 0 aromatic rings. The maximum Gasteiger partial charge on any atom is 0.191 e. The Bertz CT molecular complexity index is 279. The van der Waals surface area contributed by atoms with Crippen molar-refractivity contribution in [1.29, 1.82) is 0 Å². The van der Waals surface area contributed by atoms with Gasteiger partial charge < -0.3 is 10.6 Å². The van der Waals surface area contributed by atoms with Crippen LogP contribution in [0.3, 0.4) is 0 Å². The lowest BCUT2D eigenvalue weighted by atomic mass is 9.89. The van der Waals surface area contributed by atoms with Crippen LogP contribution >= 0.6 is 24.0 Å². The molecule has 2 saturated carbocycles. The molecule has 0 unspecified atom stereocenters. The van der Waals surface area contributed by atoms with Crippen LogP contribution in [0.25, 0.3) is 0 Å². The third-order valence-electron chi connectivity index (χ3n) is 4.47. The van der Waals surface area contributed by atoms with Gasteiger partial charge >= 0.3 is 0 Å². The Labute approximate surface area is 135 Å². The Balaban J connectivity index is 0.00000180. The second kappa shape index (κ2) is 8.32. The van der Waals surface area contributed by atoms with Gasteiger partial charge in [0.1, 0.15) is 0 Å². The molecule has 2 N–H and O–H groups in total. The monoisotopic (exact) mass is 379 g/mol. The molecule has 0 spiro atoms. The topological polar surface area (TPSA) is 36.4 Å². The largest absolute Gasteiger partial charge is 0.357 e. The molecule has 0 saturated heterocycles. The quantitative estimate of drug-likeness (QED) is 0.444. The van der Waals surface area contributed by atoms with Crippen molar-refractivity contribution in [2.24, 2.45) is 10.4 Å². The number of aliphatic imine (C=N–C) groups is 1. The number of halogens is 1. The normalized spacial score (nSPS) is 23.2. The van der Waals surface area contributed by atoms with Crippen LogP contribution < -0.4 is 10.6 Å². The first-order valence-electron chi connectivity index (χ1n) is 7.77. The second-order valence-electron chi connectivity index (χ2n) is 6.34. The summed E-state index contributed by atoms with van der Waals surface area (Å²) in [5, 5.41) is 6.99. The predicted molar refractivity (Wildman–Crippen MR) is 93.4 cm³/mol. The summed E-state index contributed by atoms with van der Waals surface area (Å²) in [4.78, 5) is 4.83. The van der Waals surface area contributed by atoms with E-state index in [4.69, 9.17) is 4.99 Å². The molecule has 4 heteroatoms. The van der Waals surface area contributed by atoms with Gasteiger partial charge in [0.25, 0.3) is 0 Å². The van der Waals surface area contributed by atoms with Crippen LogP contribution in [-0.4, -0.2) is 25.1 Å². The first kappa shape index (κ1) is 17.1. The van der Waals surface area contributed by atoms with Crippen LogP contribution in [0.4, 0.5) is 0 Å². The Hall–Kier alpha value is 0. The number of guanidine groups is 1. The highest BCUT2D eigenvalue weighted by atomic mass is 127. The van der Waals surface area contributed by atoms with Crippen LogP contribution in [-0.2, 0) is 0 Å². The maximum absolute atomic E-state index is 4.83. The number of hydrogen-bond acceptors (Lipinski definition) is 1. The fraction of sp³-hybridized carbons (Fsp3) is 0.933. The van der Waals surface area contributed by atoms with Crippen molar-refractivity contribution in [3.63, 3.8) is 0 Å². The van der Waals surface area contributed by atoms with Crippen LogP contribution in [0.1, 0.15) is 65.2 Å². The maximum atomic E-state index is 4.83. The van der Waals surface area contributed by atoms with E-state index in [0.717, 1.165) is 19.0 Å². The highest BCUT2D eigenvalue weighted by Gasteiger charge is 2.28. The Kier molecular flexibility index (Phi) is 7.47. The second-order valence-corrected chi connectivity index (χ2v) is 6.34. The summed E-state index contributed by atoms with van der Waals surface area (Å²) in [6.07, 6.45) is 10.8. The lowest BCUT2D eigenvalue weighted by molar-refractivity contribution is 0.350. The van der Waals surface area contributed by atoms with Crippen LogP contribution in [0.5, 0.6) is 0 Å². The molecule has 0 aliphatic heterocycles. The number of nitrogens with one attached hydrogen (secondary N) is 2. The highest BCUT2D eigenvalue weighted by molar-refractivity contribution is 14.0. The van der Waals surface area contributed by atoms with Gasteiger partial charge in [-0.2, -0.15) is 0 Å². The minimum atomic E-state index is 0. The molecule has 0 bridgehead atoms. The first-order chi connectivity index (χ1) is 8.72. The van der Waals surface area contributed by atoms with Gasteiger partial charge in [0.05, 0.1) is 0 Å². The zero-order valence-corrected chi connectivity index (χ0v) is 14.8. The van der Waals surface area contributed by atoms with Gasteiger partial charge in [-0.3, -0.25) is 4.99 Å². The van der Waals surface area contributed by atoms with Crippen molar-refractivity contribution >= 4 is 29.9 Å². The summed E-state index contributed by atoms with van der Waals surface area (Å²) < 4.78 is 0. The van der Waals surface area contributed by atoms with Gasteiger partial charge in [0, 0.05) is 19.1 Å². The molecule has 2 fully saturated rings. The fourth-order valence-electron chi connectivity index (χ4n) is 3.24. The van der Waals surface area contributed by atoms with Gasteiger partial charge in [-0.05, 0) is 38.0 Å². The molecule has 0 atom stereocenters. The number of hydrogen-bond donors (Lipinski definition) is 2. The third-order valence-corrected chi connectivity index (χ3v) is 4.47. The summed E-state index contributed by atoms with van der Waals surface area (Å²) >= 11 is 0. The lowest BCUT2D eigenvalue weighted by Crippen LogP contribution is -2.42. The van der Waals surface area contributed by atoms with E-state index in [1.165, 1.54) is 51.4 Å². The van der Waals surface area contributed by atoms with Gasteiger partial charge in [-0.25, -0.2) is 0 Å². The molecule has 2 aliphatic carbocycles. The standard InChI is InChI=1S/C15H29N3.HI/c1-3-16-14(18-13-8-4-5-9-13)17-12-15(2)10-6-7-11-15;/h13H,3-12H2,1-2H3,(H2,16,17,18);1H. The lowest BCUT2D eigenvalue weighted by Gasteiger charge is -2.23. The third kappa shape index (κ3) is 5.48. The molecular weight excluding hydrogens is 349 g/mol. The van der Waals surface area contributed by atoms with Crippen LogP contribution in [0.15, 0.2) is 4.99 Å². The Morgan fingerprint density at radius 2 is 1.79 bits per heavy atom. The van der Waals surface area contributed by atoms with Crippen molar-refractivity contribution in [1.82, 2.24) is 10.6 Å². The molecule has 2 rings (SSSR count). The minimum absolute atomic E-state index is 0. The summed E-state index contributed by atoms with van der Waals surface area (Å²) in [5.74, 6) is 1.04. The summed E-state index contributed by atoms with van der Waals surface area (Å²) in [5.41, 5.74) is 0.456. The van der Waals surface area contributed by atoms with E-state index in [2.05, 4.69) is 24.5 Å². The molecule has 3 nitrogen and oxygen atoms in total. The Morgan fingerprint density at radius 1 is 1.16 bits per heavy atom. The Morgan fingerprint density at radius 3 is 2.37 bits per heavy atom. The molecule has 2 aliphatic rings. The molecule has 112 valence electrons. The summed E-state index contributed by atoms with van der Waals surface area (Å²) in [6, 6.07) is 0.652. The van der Waals surface area contributed by atoms with E-state index in [9.17, 15) is 0 Å². The molecule has 0 aromatic heterocycles. The zero-order chi connectivity index (χ0) is 12.8. The van der Waals surface area contributed by atoms with Crippen molar-refractivity contribution < 1.29 is 0 Å². The van der Waals surface area contributed by atoms with Gasteiger partial charge in [0.15, 0.2) is 5.96 Å². The first-order valence-corrected chi connectivity index (χ1v) is 7.77. The predicted octanol–water partition coefficient (Wildman–Crippen LogP) is 3.68. The summed E-state index contributed by atoms with van der Waals surface area (Å²) in [7, 11) is 0. The van der Waals surface area contributed by atoms with Gasteiger partial charge in [0.2, 0.25) is 0 Å². The van der Waals surface area contributed by atoms with E-state index in [0.29, 0.717) is 11.5 Å². The number of rotatable bonds is 4. The van der Waals surface area contributed by atoms with E-state index in [1.807, 2.05) is 0 Å². The summed E-state index contributed by atoms with van der Waals surface area (Å²) in [6.45, 7) is 6.47. The van der Waals surface area contributed by atoms with Crippen LogP contribution in [0.2, 0.25) is 0 Å². The van der Waals surface area contributed by atoms with E-state index >= 15 is 0 Å². The van der Waals surface area contributed by atoms with E-state index in [-0.39, 0.29) is 24.0 Å². The minimum Gasteiger partial charge on any atom is -0.357 e. The molecule has 19 heavy (non-hydrogen) atoms. The van der Waals surface area contributed by atoms with E-state index in [1.54, 1.807) is 0 Å². The van der Waals surface area contributed by atoms with Gasteiger partial charge in [-0.15, -0.1) is 24.0 Å². The molecule has 0 aromatic carbocycles. The van der Waals surface area contributed by atoms with Crippen molar-refractivity contribution in [2.75, 3.05) is 13.1 Å². The molecule has 0 radical (unpaired) electrons. The zero-order valence-electron chi connectivity index (χ0n) is 12.5. The molecular formula is C15H30IN3. The average molecular weight is 379 g/mol. The smallest absolute Gasteiger partial charge is 0.191 e. The van der Waals surface area contributed by atoms with Crippen molar-refractivity contribution in [3.05, 3.63) is 0 Å². The van der Waals surface area contributed by atoms with Crippen molar-refractivity contribution in [3.8, 4) is 0 Å². The van der Waals surface area contributed by atoms with Crippen LogP contribution in [0, 0.1) is 5.41 Å². The van der Waals surface area contributed by atoms with E-state index < -0.39 is 0 Å². The molecule has 0 amide bonds. The SMILES string of the molecule is CCNC(=NCC1(C)CCCC1)NC1CCCC1.I. The number of nitrogens with zero attached hydrogens (tertiary/aromatic N) is 1. The molecule has 0 heterocycles. The fourth-order valence-corrected chi connectivity index (χ4v) is 3.24. The van der Waals surface area contributed by atoms with Crippen molar-refractivity contribution in [2.45, 2.75) is 71.3 Å². The average Bonchev–Trinajstić information content (AvgIpc) is 2.99. The highest BCUT2D eigenvalue weighted by Crippen LogP contribution is 2.37.